The second-order valence-electron chi connectivity index (χ2n) is 8.14. The van der Waals surface area contributed by atoms with E-state index in [1.807, 2.05) is 36.5 Å². The summed E-state index contributed by atoms with van der Waals surface area (Å²) in [7, 11) is -3.71. The van der Waals surface area contributed by atoms with Crippen molar-refractivity contribution in [1.82, 2.24) is 14.5 Å². The van der Waals surface area contributed by atoms with E-state index in [4.69, 9.17) is 0 Å². The van der Waals surface area contributed by atoms with Crippen LogP contribution in [0.4, 0.5) is 10.8 Å². The molecule has 0 radical (unpaired) electrons. The number of aromatic nitrogens is 2. The summed E-state index contributed by atoms with van der Waals surface area (Å²) in [4.78, 5) is 33.2. The predicted molar refractivity (Wildman–Crippen MR) is 141 cm³/mol. The number of carbonyl (C=O) groups is 2. The molecule has 0 bridgehead atoms. The molecule has 5 rings (SSSR count). The Hall–Kier alpha value is -3.70. The van der Waals surface area contributed by atoms with Crippen molar-refractivity contribution in [2.24, 2.45) is 0 Å². The first-order chi connectivity index (χ1) is 16.9. The number of piperazine rings is 1. The van der Waals surface area contributed by atoms with Gasteiger partial charge in [-0.2, -0.15) is 0 Å². The standard InChI is InChI=1S/C24H23N5O4S2.3H2/c30-22(17-29-11-9-18-3-1-2-4-21(18)29)23(31)28-14-12-27(13-15-28)19-5-7-20(8-6-19)35(32,33)26-24-25-10-16-34-24;;;/h1-11,16H,12-15,17H2,(H,25,26);3*1H. The highest BCUT2D eigenvalue weighted by atomic mass is 32.2. The number of ketones is 1. The molecule has 1 aliphatic heterocycles. The molecule has 1 saturated heterocycles. The molecule has 0 aliphatic carbocycles. The molecule has 0 atom stereocenters. The van der Waals surface area contributed by atoms with E-state index in [1.165, 1.54) is 17.5 Å². The number of benzene rings is 2. The van der Waals surface area contributed by atoms with Crippen molar-refractivity contribution in [3.63, 3.8) is 0 Å². The van der Waals surface area contributed by atoms with Crippen LogP contribution in [0.3, 0.4) is 0 Å². The lowest BCUT2D eigenvalue weighted by Crippen LogP contribution is -2.51. The minimum absolute atomic E-state index is 0. The third kappa shape index (κ3) is 4.91. The number of Topliss-reactive ketones (excluding diaryl/α,β-unsaturated/α-hetero) is 1. The zero-order valence-corrected chi connectivity index (χ0v) is 20.3. The van der Waals surface area contributed by atoms with Crippen molar-refractivity contribution in [2.75, 3.05) is 35.8 Å². The van der Waals surface area contributed by atoms with Gasteiger partial charge in [0.05, 0.1) is 11.4 Å². The lowest BCUT2D eigenvalue weighted by atomic mass is 10.2. The van der Waals surface area contributed by atoms with Crippen LogP contribution in [0.1, 0.15) is 4.28 Å². The van der Waals surface area contributed by atoms with Crippen LogP contribution >= 0.6 is 11.3 Å². The smallest absolute Gasteiger partial charge is 0.292 e. The Bertz CT molecular complexity index is 1470. The molecule has 0 spiro atoms. The Balaban J connectivity index is 0.00000169. The Morgan fingerprint density at radius 1 is 1.00 bits per heavy atom. The molecular formula is C24H29N5O4S2. The molecule has 9 nitrogen and oxygen atoms in total. The first-order valence-electron chi connectivity index (χ1n) is 11.0. The zero-order valence-electron chi connectivity index (χ0n) is 18.7. The van der Waals surface area contributed by atoms with Gasteiger partial charge in [-0.25, -0.2) is 13.4 Å². The number of sulfonamides is 1. The van der Waals surface area contributed by atoms with E-state index < -0.39 is 21.7 Å². The van der Waals surface area contributed by atoms with Crippen molar-refractivity contribution in [3.8, 4) is 0 Å². The van der Waals surface area contributed by atoms with Crippen LogP contribution in [0, 0.1) is 0 Å². The number of amides is 1. The minimum Gasteiger partial charge on any atom is -0.368 e. The van der Waals surface area contributed by atoms with Gasteiger partial charge in [0, 0.05) is 59.4 Å². The lowest BCUT2D eigenvalue weighted by Gasteiger charge is -2.35. The van der Waals surface area contributed by atoms with Crippen LogP contribution in [0.25, 0.3) is 10.9 Å². The van der Waals surface area contributed by atoms with E-state index in [0.29, 0.717) is 31.3 Å². The number of fused-ring (bicyclic) bond motifs is 1. The van der Waals surface area contributed by atoms with Gasteiger partial charge in [0.25, 0.3) is 15.9 Å². The number of thiazole rings is 1. The maximum atomic E-state index is 12.8. The first kappa shape index (κ1) is 23.1. The first-order valence-corrected chi connectivity index (χ1v) is 13.4. The number of nitrogens with zero attached hydrogens (tertiary/aromatic N) is 4. The van der Waals surface area contributed by atoms with E-state index in [1.54, 1.807) is 39.1 Å². The fourth-order valence-corrected chi connectivity index (χ4v) is 5.92. The average Bonchev–Trinajstić information content (AvgIpc) is 3.53. The van der Waals surface area contributed by atoms with Crippen LogP contribution in [0.15, 0.2) is 77.3 Å². The molecule has 186 valence electrons. The number of carbonyl (C=O) groups excluding carboxylic acids is 2. The van der Waals surface area contributed by atoms with Crippen LogP contribution in [0.5, 0.6) is 0 Å². The highest BCUT2D eigenvalue weighted by Crippen LogP contribution is 2.22. The van der Waals surface area contributed by atoms with Crippen molar-refractivity contribution in [3.05, 3.63) is 72.4 Å². The molecule has 4 aromatic rings. The van der Waals surface area contributed by atoms with Gasteiger partial charge in [0.1, 0.15) is 0 Å². The van der Waals surface area contributed by atoms with Gasteiger partial charge in [-0.3, -0.25) is 14.3 Å². The number of hydrogen-bond acceptors (Lipinski definition) is 7. The summed E-state index contributed by atoms with van der Waals surface area (Å²) in [5.41, 5.74) is 1.78. The molecule has 1 fully saturated rings. The van der Waals surface area contributed by atoms with Crippen LogP contribution < -0.4 is 9.62 Å². The van der Waals surface area contributed by atoms with E-state index in [2.05, 4.69) is 14.6 Å². The van der Waals surface area contributed by atoms with Gasteiger partial charge in [-0.15, -0.1) is 11.3 Å². The summed E-state index contributed by atoms with van der Waals surface area (Å²) in [5.74, 6) is -0.917. The monoisotopic (exact) mass is 515 g/mol. The number of para-hydroxylation sites is 1. The van der Waals surface area contributed by atoms with E-state index in [-0.39, 0.29) is 15.7 Å². The molecular weight excluding hydrogens is 486 g/mol. The summed E-state index contributed by atoms with van der Waals surface area (Å²) in [5, 5.41) is 3.04. The summed E-state index contributed by atoms with van der Waals surface area (Å²) in [6.07, 6.45) is 3.36. The summed E-state index contributed by atoms with van der Waals surface area (Å²) >= 11 is 1.21. The summed E-state index contributed by atoms with van der Waals surface area (Å²) in [6, 6.07) is 16.3. The molecule has 2 aromatic carbocycles. The lowest BCUT2D eigenvalue weighted by molar-refractivity contribution is -0.145. The van der Waals surface area contributed by atoms with E-state index in [9.17, 15) is 18.0 Å². The van der Waals surface area contributed by atoms with Gasteiger partial charge >= 0.3 is 0 Å². The van der Waals surface area contributed by atoms with Gasteiger partial charge in [0.15, 0.2) is 5.13 Å². The van der Waals surface area contributed by atoms with Crippen molar-refractivity contribution in [1.29, 1.82) is 0 Å². The second-order valence-corrected chi connectivity index (χ2v) is 10.7. The Labute approximate surface area is 211 Å². The maximum Gasteiger partial charge on any atom is 0.292 e. The summed E-state index contributed by atoms with van der Waals surface area (Å²) in [6.45, 7) is 1.95. The fourth-order valence-electron chi connectivity index (χ4n) is 4.13. The SMILES string of the molecule is O=C(Cn1ccc2ccccc21)C(=O)N1CCN(c2ccc(S(=O)(=O)Nc3nccs3)cc2)CC1.[HH].[HH].[HH]. The molecule has 0 unspecified atom stereocenters. The van der Waals surface area contributed by atoms with Gasteiger partial charge in [-0.05, 0) is 41.8 Å². The molecule has 2 aromatic heterocycles. The molecule has 1 amide bonds. The average molecular weight is 516 g/mol. The molecule has 3 heterocycles. The highest BCUT2D eigenvalue weighted by molar-refractivity contribution is 7.93. The van der Waals surface area contributed by atoms with Crippen LogP contribution in [-0.4, -0.2) is 60.7 Å². The maximum absolute atomic E-state index is 12.8. The fraction of sp³-hybridized carbons (Fsp3) is 0.208. The Morgan fingerprint density at radius 3 is 2.46 bits per heavy atom. The largest absolute Gasteiger partial charge is 0.368 e. The quantitative estimate of drug-likeness (QED) is 0.378. The highest BCUT2D eigenvalue weighted by Gasteiger charge is 2.26. The van der Waals surface area contributed by atoms with E-state index >= 15 is 0 Å². The summed E-state index contributed by atoms with van der Waals surface area (Å²) < 4.78 is 29.3. The van der Waals surface area contributed by atoms with Gasteiger partial charge in [-0.1, -0.05) is 18.2 Å². The molecule has 11 heteroatoms. The third-order valence-corrected chi connectivity index (χ3v) is 8.14. The normalized spacial score (nSPS) is 14.3. The number of anilines is 2. The Morgan fingerprint density at radius 2 is 1.74 bits per heavy atom. The molecule has 1 aliphatic rings. The number of hydrogen-bond donors (Lipinski definition) is 1. The van der Waals surface area contributed by atoms with E-state index in [0.717, 1.165) is 16.6 Å². The number of nitrogens with one attached hydrogen (secondary N) is 1. The molecule has 0 saturated carbocycles. The third-order valence-electron chi connectivity index (χ3n) is 5.97. The second kappa shape index (κ2) is 9.51. The molecule has 35 heavy (non-hydrogen) atoms. The topological polar surface area (TPSA) is 105 Å². The van der Waals surface area contributed by atoms with Crippen molar-refractivity contribution < 1.29 is 22.3 Å². The van der Waals surface area contributed by atoms with Crippen LogP contribution in [-0.2, 0) is 26.2 Å². The number of rotatable bonds is 7. The Kier molecular flexibility index (Phi) is 6.27. The van der Waals surface area contributed by atoms with Crippen LogP contribution in [0.2, 0.25) is 0 Å². The minimum atomic E-state index is -3.71. The van der Waals surface area contributed by atoms with Gasteiger partial charge in [0.2, 0.25) is 5.78 Å². The van der Waals surface area contributed by atoms with Gasteiger partial charge < -0.3 is 14.4 Å². The molecule has 1 N–H and O–H groups in total. The predicted octanol–water partition coefficient (Wildman–Crippen LogP) is 3.55. The van der Waals surface area contributed by atoms with Crippen molar-refractivity contribution in [2.45, 2.75) is 11.4 Å². The van der Waals surface area contributed by atoms with Crippen molar-refractivity contribution >= 4 is 54.8 Å². The zero-order chi connectivity index (χ0) is 24.4.